The number of H-pyrrole nitrogens is 4. The molecule has 0 bridgehead atoms. The lowest BCUT2D eigenvalue weighted by Crippen LogP contribution is -2.41. The first-order valence-electron chi connectivity index (χ1n) is 19.5. The third kappa shape index (κ3) is 6.58. The van der Waals surface area contributed by atoms with Gasteiger partial charge >= 0.3 is 22.8 Å². The zero-order chi connectivity index (χ0) is 43.8. The highest BCUT2D eigenvalue weighted by Crippen LogP contribution is 2.52. The molecule has 4 aromatic heterocycles. The van der Waals surface area contributed by atoms with Crippen LogP contribution in [-0.2, 0) is 42.3 Å². The van der Waals surface area contributed by atoms with Crippen molar-refractivity contribution in [1.82, 2.24) is 19.9 Å². The maximum Gasteiger partial charge on any atom is 0.416 e. The van der Waals surface area contributed by atoms with E-state index in [9.17, 15) is 26.3 Å². The third-order valence-corrected chi connectivity index (χ3v) is 12.5. The van der Waals surface area contributed by atoms with Gasteiger partial charge in [-0.15, -0.1) is 0 Å². The number of hydrogen-bond acceptors (Lipinski definition) is 4. The first kappa shape index (κ1) is 40.0. The van der Waals surface area contributed by atoms with Crippen LogP contribution >= 0.6 is 0 Å². The lowest BCUT2D eigenvalue weighted by molar-refractivity contribution is -0.138. The Labute approximate surface area is 354 Å². The molecule has 4 N–H and O–H groups in total. The molecule has 0 aliphatic heterocycles. The lowest BCUT2D eigenvalue weighted by Gasteiger charge is -2.37. The molecule has 8 nitrogen and oxygen atoms in total. The van der Waals surface area contributed by atoms with E-state index in [0.29, 0.717) is 43.6 Å². The predicted molar refractivity (Wildman–Crippen MR) is 227 cm³/mol. The van der Waals surface area contributed by atoms with E-state index in [1.165, 1.54) is 24.8 Å². The van der Waals surface area contributed by atoms with Gasteiger partial charge < -0.3 is 19.9 Å². The Hall–Kier alpha value is -7.07. The van der Waals surface area contributed by atoms with E-state index < -0.39 is 45.1 Å². The molecule has 63 heavy (non-hydrogen) atoms. The van der Waals surface area contributed by atoms with Crippen molar-refractivity contribution in [3.63, 3.8) is 0 Å². The Morgan fingerprint density at radius 1 is 0.349 bits per heavy atom. The van der Waals surface area contributed by atoms with Gasteiger partial charge in [-0.2, -0.15) is 34.8 Å². The Kier molecular flexibility index (Phi) is 9.22. The molecular formula is C48H32F6N4O4S. The second kappa shape index (κ2) is 14.5. The fraction of sp³-hybridized carbons (Fsp3) is 0.0833. The standard InChI is InChI=1S/C48H32F6N4O4S/c49-47(50,51)31-21-17-29(18-22-31)45(37-25-55-41-13-5-1-9-33(37)41,38-26-56-42-14-6-2-10-34(38)42)61-63(59,60)62-46(30-19-23-32(24-20-30)48(52,53)54,39-27-57-43-15-7-3-11-35(39)43)40-28-58-44-16-8-4-12-36(40)44/h1-28,55-58H. The predicted octanol–water partition coefficient (Wildman–Crippen LogP) is 12.2. The van der Waals surface area contributed by atoms with Crippen LogP contribution in [0.2, 0.25) is 0 Å². The second-order valence-electron chi connectivity index (χ2n) is 15.1. The van der Waals surface area contributed by atoms with Crippen LogP contribution in [0, 0.1) is 0 Å². The number of hydrogen-bond donors (Lipinski definition) is 4. The number of benzene rings is 6. The van der Waals surface area contributed by atoms with Gasteiger partial charge in [-0.05, 0) is 59.7 Å². The summed E-state index contributed by atoms with van der Waals surface area (Å²) in [6.45, 7) is 0. The molecule has 0 atom stereocenters. The highest BCUT2D eigenvalue weighted by Gasteiger charge is 2.52. The van der Waals surface area contributed by atoms with Crippen LogP contribution in [0.1, 0.15) is 44.5 Å². The van der Waals surface area contributed by atoms with Crippen molar-refractivity contribution >= 4 is 54.0 Å². The molecule has 10 rings (SSSR count). The van der Waals surface area contributed by atoms with Gasteiger partial charge in [-0.25, -0.2) is 8.37 Å². The van der Waals surface area contributed by atoms with Crippen LogP contribution in [-0.4, -0.2) is 28.4 Å². The van der Waals surface area contributed by atoms with Crippen molar-refractivity contribution in [2.45, 2.75) is 23.6 Å². The van der Waals surface area contributed by atoms with Gasteiger partial charge in [0, 0.05) is 90.7 Å². The van der Waals surface area contributed by atoms with Crippen LogP contribution in [0.4, 0.5) is 26.3 Å². The molecule has 0 spiro atoms. The Bertz CT molecular complexity index is 3050. The summed E-state index contributed by atoms with van der Waals surface area (Å²) in [5, 5.41) is 1.89. The number of para-hydroxylation sites is 4. The summed E-state index contributed by atoms with van der Waals surface area (Å²) in [6.07, 6.45) is -3.36. The lowest BCUT2D eigenvalue weighted by atomic mass is 9.80. The molecule has 10 aromatic rings. The minimum absolute atomic E-state index is 0.0171. The number of halogens is 6. The van der Waals surface area contributed by atoms with E-state index in [1.54, 1.807) is 97.1 Å². The molecule has 0 radical (unpaired) electrons. The topological polar surface area (TPSA) is 116 Å². The number of nitrogens with one attached hydrogen (secondary N) is 4. The number of alkyl halides is 6. The first-order chi connectivity index (χ1) is 30.2. The molecule has 0 saturated carbocycles. The van der Waals surface area contributed by atoms with Gasteiger partial charge in [0.15, 0.2) is 11.2 Å². The minimum Gasteiger partial charge on any atom is -0.361 e. The van der Waals surface area contributed by atoms with Crippen molar-refractivity contribution in [3.8, 4) is 0 Å². The van der Waals surface area contributed by atoms with E-state index in [2.05, 4.69) is 19.9 Å². The SMILES string of the molecule is O=S(=O)(OC(c1ccc(C(F)(F)F)cc1)(c1c[nH]c2ccccc12)c1c[nH]c2ccccc12)OC(c1ccc(C(F)(F)F)cc1)(c1c[nH]c2ccccc12)c1c[nH]c2ccccc12. The van der Waals surface area contributed by atoms with Gasteiger partial charge in [0.25, 0.3) is 0 Å². The van der Waals surface area contributed by atoms with Crippen LogP contribution in [0.25, 0.3) is 43.6 Å². The molecule has 0 fully saturated rings. The zero-order valence-corrected chi connectivity index (χ0v) is 33.3. The summed E-state index contributed by atoms with van der Waals surface area (Å²) in [5.74, 6) is 0. The van der Waals surface area contributed by atoms with Crippen LogP contribution in [0.5, 0.6) is 0 Å². The fourth-order valence-electron chi connectivity index (χ4n) is 8.75. The van der Waals surface area contributed by atoms with Crippen molar-refractivity contribution in [2.24, 2.45) is 0 Å². The monoisotopic (exact) mass is 874 g/mol. The van der Waals surface area contributed by atoms with E-state index in [0.717, 1.165) is 48.5 Å². The maximum absolute atomic E-state index is 15.7. The van der Waals surface area contributed by atoms with Gasteiger partial charge in [0.1, 0.15) is 0 Å². The van der Waals surface area contributed by atoms with Crippen LogP contribution in [0.15, 0.2) is 170 Å². The van der Waals surface area contributed by atoms with Gasteiger partial charge in [-0.1, -0.05) is 97.1 Å². The summed E-state index contributed by atoms with van der Waals surface area (Å²) in [4.78, 5) is 12.7. The molecule has 6 aromatic carbocycles. The van der Waals surface area contributed by atoms with E-state index >= 15 is 8.42 Å². The summed E-state index contributed by atoms with van der Waals surface area (Å²) in [5.41, 5.74) is -3.56. The summed E-state index contributed by atoms with van der Waals surface area (Å²) >= 11 is 0. The minimum atomic E-state index is -5.55. The normalized spacial score (nSPS) is 13.2. The second-order valence-corrected chi connectivity index (χ2v) is 16.2. The van der Waals surface area contributed by atoms with Gasteiger partial charge in [0.2, 0.25) is 0 Å². The molecule has 0 aliphatic rings. The first-order valence-corrected chi connectivity index (χ1v) is 20.8. The number of fused-ring (bicyclic) bond motifs is 4. The molecule has 15 heteroatoms. The van der Waals surface area contributed by atoms with E-state index in [1.807, 2.05) is 0 Å². The molecule has 316 valence electrons. The fourth-order valence-corrected chi connectivity index (χ4v) is 9.95. The van der Waals surface area contributed by atoms with Crippen LogP contribution < -0.4 is 0 Å². The molecule has 0 saturated heterocycles. The number of rotatable bonds is 10. The smallest absolute Gasteiger partial charge is 0.361 e. The van der Waals surface area contributed by atoms with E-state index in [-0.39, 0.29) is 33.4 Å². The summed E-state index contributed by atoms with van der Waals surface area (Å²) < 4.78 is 130. The molecule has 0 unspecified atom stereocenters. The Morgan fingerprint density at radius 2 is 0.587 bits per heavy atom. The highest BCUT2D eigenvalue weighted by atomic mass is 32.3. The largest absolute Gasteiger partial charge is 0.416 e. The number of aromatic amines is 4. The molecular weight excluding hydrogens is 843 g/mol. The summed E-state index contributed by atoms with van der Waals surface area (Å²) in [6, 6.07) is 35.8. The van der Waals surface area contributed by atoms with Crippen molar-refractivity contribution in [3.05, 3.63) is 215 Å². The zero-order valence-electron chi connectivity index (χ0n) is 32.5. The van der Waals surface area contributed by atoms with Crippen molar-refractivity contribution in [2.75, 3.05) is 0 Å². The quantitative estimate of drug-likeness (QED) is 0.102. The summed E-state index contributed by atoms with van der Waals surface area (Å²) in [7, 11) is -5.55. The average Bonchev–Trinajstić information content (AvgIpc) is 4.10. The van der Waals surface area contributed by atoms with Crippen LogP contribution in [0.3, 0.4) is 0 Å². The third-order valence-electron chi connectivity index (χ3n) is 11.6. The maximum atomic E-state index is 15.7. The Morgan fingerprint density at radius 3 is 0.841 bits per heavy atom. The van der Waals surface area contributed by atoms with Gasteiger partial charge in [0.05, 0.1) is 11.1 Å². The number of aromatic nitrogens is 4. The Balaban J connectivity index is 1.28. The van der Waals surface area contributed by atoms with E-state index in [4.69, 9.17) is 8.37 Å². The highest BCUT2D eigenvalue weighted by molar-refractivity contribution is 7.82. The molecule has 4 heterocycles. The van der Waals surface area contributed by atoms with Crippen molar-refractivity contribution < 1.29 is 43.1 Å². The average molecular weight is 875 g/mol. The molecule has 0 amide bonds. The van der Waals surface area contributed by atoms with Crippen molar-refractivity contribution in [1.29, 1.82) is 0 Å². The van der Waals surface area contributed by atoms with Gasteiger partial charge in [-0.3, -0.25) is 0 Å². The molecule has 0 aliphatic carbocycles.